The molecule has 3 heteroatoms. The second-order valence-electron chi connectivity index (χ2n) is 7.41. The van der Waals surface area contributed by atoms with Crippen molar-refractivity contribution in [3.05, 3.63) is 108 Å². The molecule has 0 aliphatic heterocycles. The van der Waals surface area contributed by atoms with E-state index in [1.54, 1.807) is 11.8 Å². The molecule has 1 N–H and O–H groups in total. The molecule has 0 fully saturated rings. The second kappa shape index (κ2) is 9.46. The van der Waals surface area contributed by atoms with E-state index in [-0.39, 0.29) is 0 Å². The van der Waals surface area contributed by atoms with E-state index >= 15 is 0 Å². The molecule has 0 heterocycles. The largest absolute Gasteiger partial charge is 0.355 e. The molecule has 0 atom stereocenters. The van der Waals surface area contributed by atoms with Gasteiger partial charge in [0.25, 0.3) is 0 Å². The van der Waals surface area contributed by atoms with Crippen molar-refractivity contribution >= 4 is 34.9 Å². The molecule has 0 unspecified atom stereocenters. The van der Waals surface area contributed by atoms with Gasteiger partial charge < -0.3 is 5.32 Å². The lowest BCUT2D eigenvalue weighted by atomic mass is 10.2. The highest BCUT2D eigenvalue weighted by Gasteiger charge is 2.05. The van der Waals surface area contributed by atoms with Gasteiger partial charge in [-0.05, 0) is 92.6 Å². The summed E-state index contributed by atoms with van der Waals surface area (Å²) in [5, 5.41) is 3.55. The first-order chi connectivity index (χ1) is 14.6. The first kappa shape index (κ1) is 20.6. The Morgan fingerprint density at radius 2 is 1.27 bits per heavy atom. The first-order valence-electron chi connectivity index (χ1n) is 10.0. The number of hydrogen-bond donors (Lipinski definition) is 1. The third kappa shape index (κ3) is 5.29. The Bertz CT molecular complexity index is 1140. The molecule has 0 aromatic heterocycles. The van der Waals surface area contributed by atoms with E-state index < -0.39 is 0 Å². The highest BCUT2D eigenvalue weighted by Crippen LogP contribution is 2.33. The number of rotatable bonds is 6. The molecular weight excluding hydrogens is 402 g/mol. The van der Waals surface area contributed by atoms with Gasteiger partial charge >= 0.3 is 0 Å². The van der Waals surface area contributed by atoms with Gasteiger partial charge in [0.1, 0.15) is 0 Å². The lowest BCUT2D eigenvalue weighted by Gasteiger charge is -2.12. The lowest BCUT2D eigenvalue weighted by molar-refractivity contribution is 1.26. The average Bonchev–Trinajstić information content (AvgIpc) is 2.74. The van der Waals surface area contributed by atoms with Crippen LogP contribution in [-0.2, 0) is 0 Å². The first-order valence-corrected chi connectivity index (χ1v) is 11.7. The van der Waals surface area contributed by atoms with Crippen LogP contribution in [0.3, 0.4) is 0 Å². The van der Waals surface area contributed by atoms with E-state index in [9.17, 15) is 0 Å². The molecular formula is C27H25NS2. The van der Waals surface area contributed by atoms with Crippen LogP contribution < -0.4 is 5.32 Å². The Labute approximate surface area is 187 Å². The monoisotopic (exact) mass is 427 g/mol. The summed E-state index contributed by atoms with van der Waals surface area (Å²) in [7, 11) is 0. The summed E-state index contributed by atoms with van der Waals surface area (Å²) < 4.78 is 0. The van der Waals surface area contributed by atoms with Crippen molar-refractivity contribution in [1.82, 2.24) is 0 Å². The van der Waals surface area contributed by atoms with Crippen LogP contribution in [0.4, 0.5) is 11.4 Å². The van der Waals surface area contributed by atoms with Gasteiger partial charge in [-0.15, -0.1) is 0 Å². The molecule has 150 valence electrons. The molecule has 0 saturated heterocycles. The molecule has 30 heavy (non-hydrogen) atoms. The van der Waals surface area contributed by atoms with Crippen LogP contribution in [0, 0.1) is 20.8 Å². The Balaban J connectivity index is 1.42. The SMILES string of the molecule is Cc1ccc(Sc2ccc(Nc3ccc(Sc4ccccc4)cc3C)cc2)c(C)c1. The molecule has 0 aliphatic carbocycles. The van der Waals surface area contributed by atoms with Crippen LogP contribution in [0.1, 0.15) is 16.7 Å². The average molecular weight is 428 g/mol. The highest BCUT2D eigenvalue weighted by molar-refractivity contribution is 7.99. The molecule has 4 rings (SSSR count). The van der Waals surface area contributed by atoms with Crippen LogP contribution in [0.2, 0.25) is 0 Å². The van der Waals surface area contributed by atoms with Crippen LogP contribution >= 0.6 is 23.5 Å². The van der Waals surface area contributed by atoms with Crippen molar-refractivity contribution in [2.75, 3.05) is 5.32 Å². The van der Waals surface area contributed by atoms with Gasteiger partial charge in [0.2, 0.25) is 0 Å². The quantitative estimate of drug-likeness (QED) is 0.330. The fourth-order valence-electron chi connectivity index (χ4n) is 3.27. The standard InChI is InChI=1S/C27H25NS2/c1-19-9-16-27(21(3)17-19)30-24-12-10-22(11-13-24)28-26-15-14-25(18-20(26)2)29-23-7-5-4-6-8-23/h4-18,28H,1-3H3. The fourth-order valence-corrected chi connectivity index (χ4v) is 5.09. The Morgan fingerprint density at radius 1 is 0.567 bits per heavy atom. The van der Waals surface area contributed by atoms with Crippen LogP contribution in [0.25, 0.3) is 0 Å². The maximum absolute atomic E-state index is 3.55. The molecule has 4 aromatic carbocycles. The molecule has 0 aliphatic rings. The van der Waals surface area contributed by atoms with E-state index in [4.69, 9.17) is 0 Å². The van der Waals surface area contributed by atoms with Gasteiger partial charge in [-0.2, -0.15) is 0 Å². The van der Waals surface area contributed by atoms with Gasteiger partial charge in [0.15, 0.2) is 0 Å². The van der Waals surface area contributed by atoms with E-state index in [1.165, 1.54) is 36.3 Å². The van der Waals surface area contributed by atoms with Crippen molar-refractivity contribution in [2.45, 2.75) is 40.4 Å². The summed E-state index contributed by atoms with van der Waals surface area (Å²) >= 11 is 3.60. The summed E-state index contributed by atoms with van der Waals surface area (Å²) in [4.78, 5) is 5.07. The minimum Gasteiger partial charge on any atom is -0.355 e. The molecule has 0 saturated carbocycles. The van der Waals surface area contributed by atoms with Gasteiger partial charge in [-0.1, -0.05) is 59.4 Å². The Morgan fingerprint density at radius 3 is 1.97 bits per heavy atom. The summed E-state index contributed by atoms with van der Waals surface area (Å²) in [5.41, 5.74) is 6.12. The zero-order valence-corrected chi connectivity index (χ0v) is 19.1. The Kier molecular flexibility index (Phi) is 6.51. The predicted molar refractivity (Wildman–Crippen MR) is 132 cm³/mol. The summed E-state index contributed by atoms with van der Waals surface area (Å²) in [6.45, 7) is 6.46. The normalized spacial score (nSPS) is 10.8. The topological polar surface area (TPSA) is 12.0 Å². The van der Waals surface area contributed by atoms with Crippen LogP contribution in [-0.4, -0.2) is 0 Å². The number of aryl methyl sites for hydroxylation is 3. The van der Waals surface area contributed by atoms with Gasteiger partial charge in [0, 0.05) is 31.0 Å². The van der Waals surface area contributed by atoms with Crippen LogP contribution in [0.5, 0.6) is 0 Å². The third-order valence-corrected chi connectivity index (χ3v) is 7.05. The van der Waals surface area contributed by atoms with Crippen molar-refractivity contribution in [3.8, 4) is 0 Å². The number of hydrogen-bond acceptors (Lipinski definition) is 3. The molecule has 0 amide bonds. The van der Waals surface area contributed by atoms with Crippen molar-refractivity contribution in [2.24, 2.45) is 0 Å². The zero-order chi connectivity index (χ0) is 20.9. The maximum Gasteiger partial charge on any atom is 0.0414 e. The van der Waals surface area contributed by atoms with E-state index in [1.807, 2.05) is 17.8 Å². The smallest absolute Gasteiger partial charge is 0.0414 e. The number of benzene rings is 4. The second-order valence-corrected chi connectivity index (χ2v) is 9.67. The summed E-state index contributed by atoms with van der Waals surface area (Å²) in [6.07, 6.45) is 0. The van der Waals surface area contributed by atoms with E-state index in [2.05, 4.69) is 111 Å². The Hall–Kier alpha value is -2.62. The third-order valence-electron chi connectivity index (χ3n) is 4.87. The summed E-state index contributed by atoms with van der Waals surface area (Å²) in [5.74, 6) is 0. The zero-order valence-electron chi connectivity index (χ0n) is 17.5. The summed E-state index contributed by atoms with van der Waals surface area (Å²) in [6, 6.07) is 32.4. The van der Waals surface area contributed by atoms with Crippen LogP contribution in [0.15, 0.2) is 111 Å². The maximum atomic E-state index is 3.55. The minimum absolute atomic E-state index is 1.10. The van der Waals surface area contributed by atoms with Gasteiger partial charge in [0.05, 0.1) is 0 Å². The fraction of sp³-hybridized carbons (Fsp3) is 0.111. The van der Waals surface area contributed by atoms with E-state index in [0.717, 1.165) is 11.4 Å². The highest BCUT2D eigenvalue weighted by atomic mass is 32.2. The van der Waals surface area contributed by atoms with Crippen molar-refractivity contribution < 1.29 is 0 Å². The van der Waals surface area contributed by atoms with E-state index in [0.29, 0.717) is 0 Å². The molecule has 0 radical (unpaired) electrons. The molecule has 4 aromatic rings. The van der Waals surface area contributed by atoms with Gasteiger partial charge in [-0.25, -0.2) is 0 Å². The van der Waals surface area contributed by atoms with Gasteiger partial charge in [-0.3, -0.25) is 0 Å². The number of anilines is 2. The molecule has 1 nitrogen and oxygen atoms in total. The van der Waals surface area contributed by atoms with Crippen molar-refractivity contribution in [1.29, 1.82) is 0 Å². The number of nitrogens with one attached hydrogen (secondary N) is 1. The minimum atomic E-state index is 1.10. The molecule has 0 spiro atoms. The van der Waals surface area contributed by atoms with Crippen molar-refractivity contribution in [3.63, 3.8) is 0 Å². The predicted octanol–water partition coefficient (Wildman–Crippen LogP) is 8.66. The lowest BCUT2D eigenvalue weighted by Crippen LogP contribution is -1.93. The molecule has 0 bridgehead atoms.